The molecule has 0 spiro atoms. The van der Waals surface area contributed by atoms with E-state index in [-0.39, 0.29) is 47.2 Å². The van der Waals surface area contributed by atoms with Crippen molar-refractivity contribution in [2.24, 2.45) is 0 Å². The van der Waals surface area contributed by atoms with Crippen molar-refractivity contribution in [2.75, 3.05) is 37.4 Å². The summed E-state index contributed by atoms with van der Waals surface area (Å²) in [5.41, 5.74) is -0.287. The number of halogens is 5. The Morgan fingerprint density at radius 2 is 1.94 bits per heavy atom. The number of piperidine rings is 1. The number of aromatic nitrogens is 3. The average molecular weight is 498 g/mol. The van der Waals surface area contributed by atoms with Crippen molar-refractivity contribution in [1.82, 2.24) is 19.9 Å². The van der Waals surface area contributed by atoms with Crippen LogP contribution in [0.5, 0.6) is 5.75 Å². The van der Waals surface area contributed by atoms with Crippen LogP contribution in [0, 0.1) is 0 Å². The third kappa shape index (κ3) is 5.08. The number of amides is 1. The number of nitrogens with zero attached hydrogens (tertiary/aromatic N) is 3. The van der Waals surface area contributed by atoms with Gasteiger partial charge in [-0.3, -0.25) is 4.79 Å². The van der Waals surface area contributed by atoms with E-state index in [0.717, 1.165) is 6.20 Å². The molecule has 0 radical (unpaired) electrons. The summed E-state index contributed by atoms with van der Waals surface area (Å²) in [5, 5.41) is 5.55. The fourth-order valence-corrected chi connectivity index (χ4v) is 3.88. The molecule has 1 amide bonds. The molecule has 1 aromatic carbocycles. The molecule has 0 unspecified atom stereocenters. The van der Waals surface area contributed by atoms with Crippen LogP contribution in [0.25, 0.3) is 11.0 Å². The zero-order chi connectivity index (χ0) is 25.4. The number of carbonyl (C=O) groups is 1. The number of rotatable bonds is 6. The predicted molar refractivity (Wildman–Crippen MR) is 119 cm³/mol. The molecule has 13 heteroatoms. The van der Waals surface area contributed by atoms with Gasteiger partial charge in [-0.1, -0.05) is 0 Å². The number of anilines is 3. The molecule has 1 aliphatic heterocycles. The first-order valence-electron chi connectivity index (χ1n) is 10.8. The van der Waals surface area contributed by atoms with Crippen molar-refractivity contribution in [3.8, 4) is 5.75 Å². The Kier molecular flexibility index (Phi) is 6.43. The van der Waals surface area contributed by atoms with Gasteiger partial charge in [0.05, 0.1) is 23.7 Å². The van der Waals surface area contributed by atoms with E-state index in [9.17, 15) is 26.7 Å². The molecule has 1 fully saturated rings. The number of hydrogen-bond donors (Lipinski definition) is 3. The number of benzene rings is 1. The quantitative estimate of drug-likeness (QED) is 0.413. The number of ether oxygens (including phenoxy) is 1. The van der Waals surface area contributed by atoms with Crippen LogP contribution in [0.2, 0.25) is 0 Å². The van der Waals surface area contributed by atoms with Gasteiger partial charge in [0, 0.05) is 44.2 Å². The van der Waals surface area contributed by atoms with Gasteiger partial charge in [-0.15, -0.1) is 0 Å². The van der Waals surface area contributed by atoms with Gasteiger partial charge in [0.25, 0.3) is 11.8 Å². The van der Waals surface area contributed by atoms with Crippen molar-refractivity contribution in [1.29, 1.82) is 0 Å². The molecule has 0 bridgehead atoms. The minimum atomic E-state index is -4.59. The Bertz CT molecular complexity index is 1230. The molecular formula is C22H23F5N6O2. The van der Waals surface area contributed by atoms with Gasteiger partial charge >= 0.3 is 6.18 Å². The van der Waals surface area contributed by atoms with Crippen LogP contribution in [0.3, 0.4) is 0 Å². The van der Waals surface area contributed by atoms with Gasteiger partial charge in [0.15, 0.2) is 0 Å². The second kappa shape index (κ2) is 9.19. The minimum absolute atomic E-state index is 0.000312. The molecular weight excluding hydrogens is 475 g/mol. The molecule has 1 aliphatic rings. The van der Waals surface area contributed by atoms with Crippen LogP contribution in [0.1, 0.15) is 35.7 Å². The van der Waals surface area contributed by atoms with Crippen LogP contribution in [0.4, 0.5) is 39.4 Å². The number of nitrogens with one attached hydrogen (secondary N) is 3. The predicted octanol–water partition coefficient (Wildman–Crippen LogP) is 5.03. The largest absolute Gasteiger partial charge is 0.495 e. The number of aromatic amines is 1. The lowest BCUT2D eigenvalue weighted by Crippen LogP contribution is -2.42. The number of alkyl halides is 5. The molecule has 0 saturated carbocycles. The first-order valence-corrected chi connectivity index (χ1v) is 10.8. The summed E-state index contributed by atoms with van der Waals surface area (Å²) in [7, 11) is 1.38. The number of likely N-dealkylation sites (tertiary alicyclic amines) is 1. The van der Waals surface area contributed by atoms with Gasteiger partial charge in [0.1, 0.15) is 17.2 Å². The standard InChI is InChI=1S/C22H23F5N6O2/c1-3-28-17-16-13(22(25,26)27)11-29-18(16)32-20(31-17)30-14-5-4-12(10-15(14)35-2)19(34)33-8-6-21(23,24)7-9-33/h4-5,10-11H,3,6-9H2,1-2H3,(H3,28,29,30,31,32). The molecule has 8 nitrogen and oxygen atoms in total. The zero-order valence-electron chi connectivity index (χ0n) is 18.9. The number of methoxy groups -OCH3 is 1. The number of fused-ring (bicyclic) bond motifs is 1. The van der Waals surface area contributed by atoms with E-state index in [1.165, 1.54) is 30.2 Å². The highest BCUT2D eigenvalue weighted by molar-refractivity contribution is 5.96. The molecule has 0 aliphatic carbocycles. The summed E-state index contributed by atoms with van der Waals surface area (Å²) in [6.07, 6.45) is -4.53. The van der Waals surface area contributed by atoms with Crippen molar-refractivity contribution in [2.45, 2.75) is 31.9 Å². The van der Waals surface area contributed by atoms with Crippen molar-refractivity contribution in [3.63, 3.8) is 0 Å². The summed E-state index contributed by atoms with van der Waals surface area (Å²) in [4.78, 5) is 25.0. The van der Waals surface area contributed by atoms with Gasteiger partial charge < -0.3 is 25.3 Å². The normalized spacial score (nSPS) is 15.8. The Morgan fingerprint density at radius 1 is 1.23 bits per heavy atom. The number of hydrogen-bond acceptors (Lipinski definition) is 6. The van der Waals surface area contributed by atoms with E-state index in [4.69, 9.17) is 4.74 Å². The molecule has 1 saturated heterocycles. The van der Waals surface area contributed by atoms with Crippen molar-refractivity contribution in [3.05, 3.63) is 35.5 Å². The van der Waals surface area contributed by atoms with Crippen LogP contribution < -0.4 is 15.4 Å². The van der Waals surface area contributed by atoms with Crippen LogP contribution in [-0.4, -0.2) is 58.4 Å². The van der Waals surface area contributed by atoms with Crippen LogP contribution >= 0.6 is 0 Å². The smallest absolute Gasteiger partial charge is 0.418 e. The Balaban J connectivity index is 1.61. The van der Waals surface area contributed by atoms with E-state index in [0.29, 0.717) is 12.2 Å². The topological polar surface area (TPSA) is 95.2 Å². The van der Waals surface area contributed by atoms with Crippen molar-refractivity contribution < 1.29 is 31.5 Å². The maximum atomic E-state index is 13.4. The van der Waals surface area contributed by atoms with E-state index >= 15 is 0 Å². The Morgan fingerprint density at radius 3 is 2.57 bits per heavy atom. The van der Waals surface area contributed by atoms with E-state index in [2.05, 4.69) is 25.6 Å². The highest BCUT2D eigenvalue weighted by Crippen LogP contribution is 2.38. The lowest BCUT2D eigenvalue weighted by Gasteiger charge is -2.31. The lowest BCUT2D eigenvalue weighted by atomic mass is 10.1. The summed E-state index contributed by atoms with van der Waals surface area (Å²) < 4.78 is 72.4. The maximum Gasteiger partial charge on any atom is 0.418 e. The summed E-state index contributed by atoms with van der Waals surface area (Å²) >= 11 is 0. The third-order valence-corrected chi connectivity index (χ3v) is 5.66. The van der Waals surface area contributed by atoms with E-state index in [1.807, 2.05) is 0 Å². The molecule has 0 atom stereocenters. The van der Waals surface area contributed by atoms with Gasteiger partial charge in [-0.2, -0.15) is 23.1 Å². The van der Waals surface area contributed by atoms with Crippen molar-refractivity contribution >= 4 is 34.4 Å². The first-order chi connectivity index (χ1) is 16.5. The number of H-pyrrole nitrogens is 1. The zero-order valence-corrected chi connectivity index (χ0v) is 18.9. The van der Waals surface area contributed by atoms with E-state index < -0.39 is 36.4 Å². The second-order valence-electron chi connectivity index (χ2n) is 8.04. The van der Waals surface area contributed by atoms with Gasteiger partial charge in [-0.25, -0.2) is 8.78 Å². The highest BCUT2D eigenvalue weighted by atomic mass is 19.4. The monoisotopic (exact) mass is 498 g/mol. The molecule has 3 aromatic rings. The fourth-order valence-electron chi connectivity index (χ4n) is 3.88. The summed E-state index contributed by atoms with van der Waals surface area (Å²) in [6, 6.07) is 4.48. The Labute approximate surface area is 196 Å². The molecule has 35 heavy (non-hydrogen) atoms. The summed E-state index contributed by atoms with van der Waals surface area (Å²) in [5.74, 6) is -2.92. The fraction of sp³-hybridized carbons (Fsp3) is 0.409. The first kappa shape index (κ1) is 24.5. The second-order valence-corrected chi connectivity index (χ2v) is 8.04. The van der Waals surface area contributed by atoms with Gasteiger partial charge in [-0.05, 0) is 25.1 Å². The van der Waals surface area contributed by atoms with Crippen LogP contribution in [-0.2, 0) is 6.18 Å². The maximum absolute atomic E-state index is 13.4. The highest BCUT2D eigenvalue weighted by Gasteiger charge is 2.37. The molecule has 4 rings (SSSR count). The molecule has 3 heterocycles. The third-order valence-electron chi connectivity index (χ3n) is 5.66. The average Bonchev–Trinajstić information content (AvgIpc) is 3.24. The number of carbonyl (C=O) groups excluding carboxylic acids is 1. The lowest BCUT2D eigenvalue weighted by molar-refractivity contribution is -0.136. The molecule has 2 aromatic heterocycles. The van der Waals surface area contributed by atoms with Crippen LogP contribution in [0.15, 0.2) is 24.4 Å². The molecule has 188 valence electrons. The molecule has 3 N–H and O–H groups in total. The minimum Gasteiger partial charge on any atom is -0.495 e. The SMILES string of the molecule is CCNc1nc(Nc2ccc(C(=O)N3CCC(F)(F)CC3)cc2OC)nc2[nH]cc(C(F)(F)F)c12. The van der Waals surface area contributed by atoms with Gasteiger partial charge in [0.2, 0.25) is 5.95 Å². The summed E-state index contributed by atoms with van der Waals surface area (Å²) in [6.45, 7) is 1.95. The van der Waals surface area contributed by atoms with E-state index in [1.54, 1.807) is 6.92 Å². The Hall–Kier alpha value is -3.64.